The molecule has 0 heterocycles. The Morgan fingerprint density at radius 1 is 0.958 bits per heavy atom. The third-order valence-electron chi connectivity index (χ3n) is 3.76. The summed E-state index contributed by atoms with van der Waals surface area (Å²) in [5.41, 5.74) is -1.69. The van der Waals surface area contributed by atoms with Crippen LogP contribution >= 0.6 is 0 Å². The number of carboxylic acid groups (broad SMARTS) is 1. The number of carboxylic acids is 1. The van der Waals surface area contributed by atoms with E-state index in [-0.39, 0.29) is 25.4 Å². The average molecular weight is 344 g/mol. The quantitative estimate of drug-likeness (QED) is 0.645. The molecule has 2 atom stereocenters. The van der Waals surface area contributed by atoms with Crippen molar-refractivity contribution in [3.05, 3.63) is 0 Å². The highest BCUT2D eigenvalue weighted by Gasteiger charge is 2.37. The molecule has 0 radical (unpaired) electrons. The predicted molar refractivity (Wildman–Crippen MR) is 90.4 cm³/mol. The van der Waals surface area contributed by atoms with E-state index in [4.69, 9.17) is 9.47 Å². The molecule has 0 amide bonds. The van der Waals surface area contributed by atoms with E-state index in [9.17, 15) is 19.5 Å². The van der Waals surface area contributed by atoms with Crippen LogP contribution in [-0.2, 0) is 23.9 Å². The van der Waals surface area contributed by atoms with Crippen molar-refractivity contribution in [1.29, 1.82) is 0 Å². The van der Waals surface area contributed by atoms with Crippen molar-refractivity contribution >= 4 is 17.9 Å². The predicted octanol–water partition coefficient (Wildman–Crippen LogP) is 3.42. The van der Waals surface area contributed by atoms with Crippen LogP contribution in [0.25, 0.3) is 0 Å². The molecular formula is C18H32O6. The van der Waals surface area contributed by atoms with E-state index < -0.39 is 34.8 Å². The number of aliphatic carboxylic acids is 1. The van der Waals surface area contributed by atoms with Gasteiger partial charge in [-0.25, -0.2) is 0 Å². The Labute approximate surface area is 144 Å². The van der Waals surface area contributed by atoms with Crippen LogP contribution in [0.15, 0.2) is 0 Å². The summed E-state index contributed by atoms with van der Waals surface area (Å²) in [4.78, 5) is 35.9. The number of carbonyl (C=O) groups excluding carboxylic acids is 2. The highest BCUT2D eigenvalue weighted by Crippen LogP contribution is 2.32. The first-order valence-electron chi connectivity index (χ1n) is 8.47. The van der Waals surface area contributed by atoms with Crippen LogP contribution in [-0.4, -0.2) is 35.2 Å². The molecule has 0 saturated heterocycles. The minimum absolute atomic E-state index is 0.112. The third kappa shape index (κ3) is 7.79. The van der Waals surface area contributed by atoms with E-state index in [1.54, 1.807) is 41.5 Å². The zero-order valence-corrected chi connectivity index (χ0v) is 16.0. The zero-order chi connectivity index (χ0) is 19.1. The molecule has 1 N–H and O–H groups in total. The fraction of sp³-hybridized carbons (Fsp3) is 0.833. The standard InChI is InChI=1S/C18H32O6/c1-8-12(15(20)24-17(3,4)5)10-13(14(19)23-9-2)11-18(6,7)16(21)22/h12-13H,8-11H2,1-7H3,(H,21,22). The van der Waals surface area contributed by atoms with Gasteiger partial charge in [0.25, 0.3) is 0 Å². The van der Waals surface area contributed by atoms with Crippen molar-refractivity contribution in [3.8, 4) is 0 Å². The van der Waals surface area contributed by atoms with E-state index in [2.05, 4.69) is 0 Å². The van der Waals surface area contributed by atoms with Crippen LogP contribution in [0.3, 0.4) is 0 Å². The molecule has 0 aliphatic rings. The van der Waals surface area contributed by atoms with E-state index in [1.807, 2.05) is 6.92 Å². The molecule has 0 bridgehead atoms. The van der Waals surface area contributed by atoms with Crippen LogP contribution in [0.1, 0.15) is 67.7 Å². The summed E-state index contributed by atoms with van der Waals surface area (Å²) in [6, 6.07) is 0. The van der Waals surface area contributed by atoms with E-state index in [1.165, 1.54) is 0 Å². The Hall–Kier alpha value is -1.59. The van der Waals surface area contributed by atoms with Gasteiger partial charge < -0.3 is 14.6 Å². The second kappa shape index (κ2) is 9.04. The van der Waals surface area contributed by atoms with Crippen LogP contribution in [0.5, 0.6) is 0 Å². The number of rotatable bonds is 9. The van der Waals surface area contributed by atoms with Crippen molar-refractivity contribution in [2.24, 2.45) is 17.3 Å². The summed E-state index contributed by atoms with van der Waals surface area (Å²) in [6.45, 7) is 12.2. The summed E-state index contributed by atoms with van der Waals surface area (Å²) in [6.07, 6.45) is 0.847. The van der Waals surface area contributed by atoms with Gasteiger partial charge in [-0.1, -0.05) is 6.92 Å². The smallest absolute Gasteiger partial charge is 0.309 e. The molecule has 6 heteroatoms. The van der Waals surface area contributed by atoms with Gasteiger partial charge in [0, 0.05) is 0 Å². The van der Waals surface area contributed by atoms with Crippen molar-refractivity contribution < 1.29 is 29.0 Å². The van der Waals surface area contributed by atoms with Gasteiger partial charge in [-0.2, -0.15) is 0 Å². The maximum Gasteiger partial charge on any atom is 0.309 e. The second-order valence-electron chi connectivity index (χ2n) is 7.72. The minimum Gasteiger partial charge on any atom is -0.481 e. The Morgan fingerprint density at radius 2 is 1.50 bits per heavy atom. The zero-order valence-electron chi connectivity index (χ0n) is 16.0. The maximum atomic E-state index is 12.3. The Balaban J connectivity index is 5.24. The van der Waals surface area contributed by atoms with Gasteiger partial charge in [-0.15, -0.1) is 0 Å². The molecule has 0 fully saturated rings. The molecule has 6 nitrogen and oxygen atoms in total. The molecule has 0 rings (SSSR count). The summed E-state index contributed by atoms with van der Waals surface area (Å²) in [5, 5.41) is 9.31. The molecule has 0 aromatic rings. The summed E-state index contributed by atoms with van der Waals surface area (Å²) in [7, 11) is 0. The van der Waals surface area contributed by atoms with Gasteiger partial charge in [0.2, 0.25) is 0 Å². The minimum atomic E-state index is -1.08. The topological polar surface area (TPSA) is 89.9 Å². The Bertz CT molecular complexity index is 447. The van der Waals surface area contributed by atoms with E-state index in [0.717, 1.165) is 0 Å². The summed E-state index contributed by atoms with van der Waals surface area (Å²) >= 11 is 0. The Morgan fingerprint density at radius 3 is 1.88 bits per heavy atom. The van der Waals surface area contributed by atoms with Crippen LogP contribution in [0.2, 0.25) is 0 Å². The maximum absolute atomic E-state index is 12.3. The lowest BCUT2D eigenvalue weighted by molar-refractivity contribution is -0.162. The fourth-order valence-electron chi connectivity index (χ4n) is 2.38. The molecule has 0 spiro atoms. The lowest BCUT2D eigenvalue weighted by Crippen LogP contribution is -2.34. The number of ether oxygens (including phenoxy) is 2. The number of hydrogen-bond acceptors (Lipinski definition) is 5. The monoisotopic (exact) mass is 344 g/mol. The van der Waals surface area contributed by atoms with Crippen molar-refractivity contribution in [2.75, 3.05) is 6.61 Å². The van der Waals surface area contributed by atoms with Crippen molar-refractivity contribution in [1.82, 2.24) is 0 Å². The lowest BCUT2D eigenvalue weighted by atomic mass is 9.79. The van der Waals surface area contributed by atoms with Gasteiger partial charge in [0.15, 0.2) is 0 Å². The lowest BCUT2D eigenvalue weighted by Gasteiger charge is -2.28. The summed E-state index contributed by atoms with van der Waals surface area (Å²) < 4.78 is 10.5. The molecule has 2 unspecified atom stereocenters. The van der Waals surface area contributed by atoms with Crippen LogP contribution in [0.4, 0.5) is 0 Å². The van der Waals surface area contributed by atoms with Crippen molar-refractivity contribution in [3.63, 3.8) is 0 Å². The number of hydrogen-bond donors (Lipinski definition) is 1. The number of carbonyl (C=O) groups is 3. The Kier molecular flexibility index (Phi) is 8.44. The molecule has 24 heavy (non-hydrogen) atoms. The van der Waals surface area contributed by atoms with Crippen molar-refractivity contribution in [2.45, 2.75) is 73.3 Å². The number of esters is 2. The molecule has 0 aliphatic carbocycles. The first kappa shape index (κ1) is 22.4. The van der Waals surface area contributed by atoms with E-state index in [0.29, 0.717) is 6.42 Å². The molecule has 140 valence electrons. The molecule has 0 aromatic heterocycles. The molecule has 0 saturated carbocycles. The SMILES string of the molecule is CCOC(=O)C(CC(CC)C(=O)OC(C)(C)C)CC(C)(C)C(=O)O. The van der Waals surface area contributed by atoms with Crippen LogP contribution < -0.4 is 0 Å². The molecule has 0 aliphatic heterocycles. The van der Waals surface area contributed by atoms with Gasteiger partial charge in [-0.05, 0) is 60.8 Å². The van der Waals surface area contributed by atoms with Gasteiger partial charge in [-0.3, -0.25) is 14.4 Å². The fourth-order valence-corrected chi connectivity index (χ4v) is 2.38. The second-order valence-corrected chi connectivity index (χ2v) is 7.72. The normalized spacial score (nSPS) is 14.6. The first-order chi connectivity index (χ1) is 10.8. The third-order valence-corrected chi connectivity index (χ3v) is 3.76. The summed E-state index contributed by atoms with van der Waals surface area (Å²) in [5.74, 6) is -2.94. The molecule has 0 aromatic carbocycles. The first-order valence-corrected chi connectivity index (χ1v) is 8.47. The van der Waals surface area contributed by atoms with Gasteiger partial charge >= 0.3 is 17.9 Å². The highest BCUT2D eigenvalue weighted by atomic mass is 16.6. The average Bonchev–Trinajstić information content (AvgIpc) is 2.41. The molecular weight excluding hydrogens is 312 g/mol. The van der Waals surface area contributed by atoms with E-state index >= 15 is 0 Å². The highest BCUT2D eigenvalue weighted by molar-refractivity contribution is 5.78. The largest absolute Gasteiger partial charge is 0.481 e. The van der Waals surface area contributed by atoms with Gasteiger partial charge in [0.1, 0.15) is 5.60 Å². The van der Waals surface area contributed by atoms with Gasteiger partial charge in [0.05, 0.1) is 23.9 Å². The van der Waals surface area contributed by atoms with Crippen LogP contribution in [0, 0.1) is 17.3 Å².